The number of amides is 1. The summed E-state index contributed by atoms with van der Waals surface area (Å²) in [5.41, 5.74) is 1.43. The first-order valence-electron chi connectivity index (χ1n) is 17.8. The fourth-order valence-electron chi connectivity index (χ4n) is 8.83. The second-order valence-electron chi connectivity index (χ2n) is 15.5. The molecule has 2 aliphatic heterocycles. The molecule has 4 heterocycles. The molecule has 0 N–H and O–H groups in total. The molecule has 1 aromatic carbocycles. The molecule has 0 saturated carbocycles. The number of carbonyl (C=O) groups excluding carboxylic acids is 2. The van der Waals surface area contributed by atoms with E-state index in [4.69, 9.17) is 0 Å². The minimum atomic E-state index is -2.31. The Kier molecular flexibility index (Phi) is 11.4. The lowest BCUT2D eigenvalue weighted by Gasteiger charge is -2.54. The van der Waals surface area contributed by atoms with Crippen LogP contribution in [0.25, 0.3) is 0 Å². The monoisotopic (exact) mass is 688 g/mol. The van der Waals surface area contributed by atoms with E-state index >= 15 is 0 Å². The van der Waals surface area contributed by atoms with Crippen LogP contribution >= 0.6 is 0 Å². The van der Waals surface area contributed by atoms with Gasteiger partial charge in [-0.1, -0.05) is 25.6 Å². The van der Waals surface area contributed by atoms with Gasteiger partial charge >= 0.3 is 0 Å². The summed E-state index contributed by atoms with van der Waals surface area (Å²) < 4.78 is 27.7. The molecule has 5 atom stereocenters. The van der Waals surface area contributed by atoms with Crippen molar-refractivity contribution in [2.24, 2.45) is 5.92 Å². The van der Waals surface area contributed by atoms with Crippen LogP contribution in [-0.4, -0.2) is 68.0 Å². The van der Waals surface area contributed by atoms with Gasteiger partial charge in [-0.3, -0.25) is 13.8 Å². The van der Waals surface area contributed by atoms with Gasteiger partial charge in [-0.25, -0.2) is 4.98 Å². The highest BCUT2D eigenvalue weighted by Crippen LogP contribution is 2.43. The number of piperidine rings is 1. The summed E-state index contributed by atoms with van der Waals surface area (Å²) in [6, 6.07) is 9.40. The molecule has 0 spiro atoms. The lowest BCUT2D eigenvalue weighted by atomic mass is 9.71. The molecular formula is C39H54N5O4S-. The number of rotatable bonds is 15. The van der Waals surface area contributed by atoms with Gasteiger partial charge in [0.25, 0.3) is 0 Å². The number of hydrogen-bond acceptors (Lipinski definition) is 6. The van der Waals surface area contributed by atoms with Gasteiger partial charge in [0.05, 0.1) is 6.33 Å². The van der Waals surface area contributed by atoms with Crippen LogP contribution in [0.5, 0.6) is 0 Å². The van der Waals surface area contributed by atoms with Crippen LogP contribution in [0, 0.1) is 5.92 Å². The van der Waals surface area contributed by atoms with Crippen LogP contribution in [-0.2, 0) is 15.9 Å². The van der Waals surface area contributed by atoms with Crippen LogP contribution < -0.4 is 0 Å². The van der Waals surface area contributed by atoms with Crippen molar-refractivity contribution in [3.05, 3.63) is 85.4 Å². The fourth-order valence-corrected chi connectivity index (χ4v) is 9.19. The van der Waals surface area contributed by atoms with E-state index in [-0.39, 0.29) is 57.6 Å². The number of carbonyl (C=O) groups is 2. The second-order valence-corrected chi connectivity index (χ2v) is 16.4. The minimum Gasteiger partial charge on any atom is -0.768 e. The first-order valence-corrected chi connectivity index (χ1v) is 18.9. The van der Waals surface area contributed by atoms with Crippen LogP contribution in [0.2, 0.25) is 0 Å². The van der Waals surface area contributed by atoms with Crippen LogP contribution in [0.3, 0.4) is 0 Å². The SMILES string of the molecule is C=CN1C(C)(C)CC(C(=O)c2ccn(C(C)CC(CC(CC(CC)n3ccnc3)N3CCCC3=O)c3ccc(S(=O)[O-])cc3)c2)CC1(C)C. The summed E-state index contributed by atoms with van der Waals surface area (Å²) in [7, 11) is 0. The van der Waals surface area contributed by atoms with E-state index in [1.165, 1.54) is 0 Å². The topological polar surface area (TPSA) is 104 Å². The lowest BCUT2D eigenvalue weighted by Crippen LogP contribution is -2.58. The molecule has 2 saturated heterocycles. The Hall–Kier alpha value is -3.50. The third-order valence-corrected chi connectivity index (χ3v) is 11.8. The molecule has 3 aromatic rings. The molecule has 10 heteroatoms. The molecule has 0 bridgehead atoms. The van der Waals surface area contributed by atoms with Crippen molar-refractivity contribution in [1.82, 2.24) is 23.9 Å². The molecule has 1 amide bonds. The highest BCUT2D eigenvalue weighted by Gasteiger charge is 2.45. The molecule has 266 valence electrons. The smallest absolute Gasteiger partial charge is 0.222 e. The van der Waals surface area contributed by atoms with Gasteiger partial charge in [0, 0.05) is 83.3 Å². The molecule has 49 heavy (non-hydrogen) atoms. The first kappa shape index (κ1) is 36.8. The summed E-state index contributed by atoms with van der Waals surface area (Å²) in [5.74, 6) is 0.361. The van der Waals surface area contributed by atoms with Gasteiger partial charge in [0.1, 0.15) is 0 Å². The van der Waals surface area contributed by atoms with E-state index in [1.54, 1.807) is 18.3 Å². The average Bonchev–Trinajstić information content (AvgIpc) is 3.84. The minimum absolute atomic E-state index is 0.0165. The lowest BCUT2D eigenvalue weighted by molar-refractivity contribution is -0.130. The highest BCUT2D eigenvalue weighted by atomic mass is 32.2. The average molecular weight is 689 g/mol. The maximum atomic E-state index is 13.9. The molecule has 2 fully saturated rings. The quantitative estimate of drug-likeness (QED) is 0.120. The van der Waals surface area contributed by atoms with Gasteiger partial charge in [-0.15, -0.1) is 0 Å². The number of Topliss-reactive ketones (excluding diaryl/α,β-unsaturated/α-hetero) is 1. The molecule has 2 aromatic heterocycles. The number of nitrogens with zero attached hydrogens (tertiary/aromatic N) is 5. The zero-order valence-corrected chi connectivity index (χ0v) is 30.9. The van der Waals surface area contributed by atoms with Crippen molar-refractivity contribution in [2.45, 2.75) is 133 Å². The zero-order chi connectivity index (χ0) is 35.5. The van der Waals surface area contributed by atoms with Gasteiger partial charge < -0.3 is 23.5 Å². The summed E-state index contributed by atoms with van der Waals surface area (Å²) >= 11 is -2.31. The van der Waals surface area contributed by atoms with Gasteiger partial charge in [0.15, 0.2) is 5.78 Å². The number of ketones is 1. The second kappa shape index (κ2) is 15.2. The molecular weight excluding hydrogens is 635 g/mol. The predicted molar refractivity (Wildman–Crippen MR) is 193 cm³/mol. The molecule has 5 rings (SSSR count). The van der Waals surface area contributed by atoms with Crippen LogP contribution in [0.15, 0.2) is 79.1 Å². The summed E-state index contributed by atoms with van der Waals surface area (Å²) in [5, 5.41) is 0. The third-order valence-electron chi connectivity index (χ3n) is 11.1. The Bertz CT molecular complexity index is 1590. The number of imidazole rings is 1. The van der Waals surface area contributed by atoms with Gasteiger partial charge in [-0.2, -0.15) is 0 Å². The highest BCUT2D eigenvalue weighted by molar-refractivity contribution is 7.79. The summed E-state index contributed by atoms with van der Waals surface area (Å²) in [6.07, 6.45) is 17.8. The Labute approximate surface area is 295 Å². The molecule has 5 unspecified atom stereocenters. The maximum Gasteiger partial charge on any atom is 0.222 e. The zero-order valence-electron chi connectivity index (χ0n) is 30.1. The van der Waals surface area contributed by atoms with Gasteiger partial charge in [-0.05, 0) is 127 Å². The van der Waals surface area contributed by atoms with Crippen LogP contribution in [0.1, 0.15) is 127 Å². The van der Waals surface area contributed by atoms with Gasteiger partial charge in [0.2, 0.25) is 5.91 Å². The van der Waals surface area contributed by atoms with Crippen molar-refractivity contribution in [1.29, 1.82) is 0 Å². The number of hydrogen-bond donors (Lipinski definition) is 0. The van der Waals surface area contributed by atoms with E-state index in [0.717, 1.165) is 62.6 Å². The van der Waals surface area contributed by atoms with E-state index in [1.807, 2.05) is 49.3 Å². The van der Waals surface area contributed by atoms with Crippen molar-refractivity contribution in [3.8, 4) is 0 Å². The standard InChI is InChI=1S/C39H55N5O4S/c1-8-33(42-20-17-40-27-42)23-34(43-18-10-11-36(43)45)22-31(29-12-14-35(15-13-29)49(47)48)21-28(3)41-19-16-30(26-41)37(46)32-24-38(4,5)44(9-2)39(6,7)25-32/h9,12-17,19-20,26-28,31-34H,2,8,10-11,18,21-25H2,1,3-7H3,(H,47,48)/p-1. The Morgan fingerprint density at radius 1 is 1.04 bits per heavy atom. The third kappa shape index (κ3) is 8.28. The normalized spacial score (nSPS) is 20.9. The van der Waals surface area contributed by atoms with Crippen molar-refractivity contribution in [3.63, 3.8) is 0 Å². The molecule has 0 radical (unpaired) electrons. The molecule has 2 aliphatic rings. The number of benzene rings is 1. The fraction of sp³-hybridized carbons (Fsp3) is 0.564. The first-order chi connectivity index (χ1) is 23.2. The Morgan fingerprint density at radius 2 is 1.73 bits per heavy atom. The summed E-state index contributed by atoms with van der Waals surface area (Å²) in [4.78, 5) is 36.0. The maximum absolute atomic E-state index is 13.9. The van der Waals surface area contributed by atoms with E-state index in [0.29, 0.717) is 6.42 Å². The van der Waals surface area contributed by atoms with E-state index in [9.17, 15) is 18.4 Å². The summed E-state index contributed by atoms with van der Waals surface area (Å²) in [6.45, 7) is 17.9. The van der Waals surface area contributed by atoms with Crippen LogP contribution in [0.4, 0.5) is 0 Å². The Morgan fingerprint density at radius 3 is 2.29 bits per heavy atom. The largest absolute Gasteiger partial charge is 0.768 e. The number of aromatic nitrogens is 3. The van der Waals surface area contributed by atoms with Crippen molar-refractivity contribution < 1.29 is 18.4 Å². The van der Waals surface area contributed by atoms with E-state index in [2.05, 4.69) is 72.0 Å². The van der Waals surface area contributed by atoms with Crippen molar-refractivity contribution in [2.75, 3.05) is 6.54 Å². The molecule has 0 aliphatic carbocycles. The predicted octanol–water partition coefficient (Wildman–Crippen LogP) is 7.68. The molecule has 9 nitrogen and oxygen atoms in total. The van der Waals surface area contributed by atoms with Crippen molar-refractivity contribution >= 4 is 22.8 Å². The number of likely N-dealkylation sites (tertiary alicyclic amines) is 2. The van der Waals surface area contributed by atoms with E-state index < -0.39 is 11.1 Å². The Balaban J connectivity index is 1.39.